The topological polar surface area (TPSA) is 99.1 Å². The zero-order valence-electron chi connectivity index (χ0n) is 11.2. The van der Waals surface area contributed by atoms with Gasteiger partial charge in [0.25, 0.3) is 0 Å². The first-order chi connectivity index (χ1) is 10.9. The number of nitrogens with two attached hydrogens (primary N) is 1. The normalized spacial score (nSPS) is 10.9. The number of amides is 1. The van der Waals surface area contributed by atoms with E-state index >= 15 is 0 Å². The Labute approximate surface area is 137 Å². The fourth-order valence-electron chi connectivity index (χ4n) is 2.20. The number of nitrogens with zero attached hydrogens (tertiary/aromatic N) is 2. The highest BCUT2D eigenvalue weighted by Crippen LogP contribution is 2.39. The molecule has 1 aromatic heterocycles. The molecule has 0 aliphatic heterocycles. The summed E-state index contributed by atoms with van der Waals surface area (Å²) in [5, 5.41) is 10.8. The van der Waals surface area contributed by atoms with Crippen LogP contribution in [-0.4, -0.2) is 15.8 Å². The lowest BCUT2D eigenvalue weighted by Gasteiger charge is -2.10. The van der Waals surface area contributed by atoms with Gasteiger partial charge in [0.05, 0.1) is 31.2 Å². The van der Waals surface area contributed by atoms with Crippen molar-refractivity contribution in [3.05, 3.63) is 56.3 Å². The number of hydrogen-bond acceptors (Lipinski definition) is 5. The second-order valence-corrected chi connectivity index (χ2v) is 5.87. The maximum absolute atomic E-state index is 14.5. The van der Waals surface area contributed by atoms with E-state index in [1.807, 2.05) is 0 Å². The van der Waals surface area contributed by atoms with Gasteiger partial charge in [-0.05, 0) is 17.7 Å². The molecule has 0 spiro atoms. The van der Waals surface area contributed by atoms with Gasteiger partial charge in [0.15, 0.2) is 0 Å². The molecule has 6 nitrogen and oxygen atoms in total. The molecule has 0 bridgehead atoms. The minimum atomic E-state index is -1.13. The van der Waals surface area contributed by atoms with Gasteiger partial charge in [-0.15, -0.1) is 11.3 Å². The van der Waals surface area contributed by atoms with E-state index in [4.69, 9.17) is 17.3 Å². The molecule has 0 saturated heterocycles. The number of hydrogen-bond donors (Lipinski definition) is 1. The van der Waals surface area contributed by atoms with E-state index in [1.54, 1.807) is 23.7 Å². The highest BCUT2D eigenvalue weighted by atomic mass is 35.5. The predicted octanol–water partition coefficient (Wildman–Crippen LogP) is 3.76. The first-order valence-corrected chi connectivity index (χ1v) is 7.45. The van der Waals surface area contributed by atoms with Gasteiger partial charge in [-0.25, -0.2) is 4.98 Å². The smallest absolute Gasteiger partial charge is 0.306 e. The first kappa shape index (κ1) is 15.3. The summed E-state index contributed by atoms with van der Waals surface area (Å²) in [6.07, 6.45) is 0. The summed E-state index contributed by atoms with van der Waals surface area (Å²) in [7, 11) is 0. The first-order valence-electron chi connectivity index (χ1n) is 6.20. The third-order valence-corrected chi connectivity index (χ3v) is 4.47. The Kier molecular flexibility index (Phi) is 3.70. The van der Waals surface area contributed by atoms with Crippen LogP contribution in [-0.2, 0) is 0 Å². The Balaban J connectivity index is 2.36. The van der Waals surface area contributed by atoms with Crippen molar-refractivity contribution in [3.63, 3.8) is 0 Å². The predicted molar refractivity (Wildman–Crippen MR) is 85.2 cm³/mol. The van der Waals surface area contributed by atoms with Crippen molar-refractivity contribution in [1.29, 1.82) is 0 Å². The summed E-state index contributed by atoms with van der Waals surface area (Å²) < 4.78 is 15.4. The van der Waals surface area contributed by atoms with Crippen LogP contribution in [0.25, 0.3) is 21.3 Å². The van der Waals surface area contributed by atoms with Crippen molar-refractivity contribution in [2.24, 2.45) is 5.73 Å². The van der Waals surface area contributed by atoms with Crippen molar-refractivity contribution in [2.75, 3.05) is 0 Å². The van der Waals surface area contributed by atoms with Gasteiger partial charge >= 0.3 is 5.69 Å². The lowest BCUT2D eigenvalue weighted by Crippen LogP contribution is -2.13. The summed E-state index contributed by atoms with van der Waals surface area (Å²) in [5.41, 5.74) is 6.24. The maximum atomic E-state index is 14.5. The number of thiazole rings is 1. The molecule has 116 valence electrons. The molecule has 0 radical (unpaired) electrons. The summed E-state index contributed by atoms with van der Waals surface area (Å²) in [6, 6.07) is 5.54. The number of primary amides is 1. The quantitative estimate of drug-likeness (QED) is 0.573. The van der Waals surface area contributed by atoms with Crippen LogP contribution in [0.1, 0.15) is 10.4 Å². The van der Waals surface area contributed by atoms with Crippen LogP contribution >= 0.6 is 22.9 Å². The molecule has 23 heavy (non-hydrogen) atoms. The Bertz CT molecular complexity index is 935. The van der Waals surface area contributed by atoms with E-state index in [0.29, 0.717) is 5.52 Å². The third kappa shape index (κ3) is 2.51. The van der Waals surface area contributed by atoms with Gasteiger partial charge < -0.3 is 5.73 Å². The minimum Gasteiger partial charge on any atom is -0.366 e. The van der Waals surface area contributed by atoms with E-state index in [1.165, 1.54) is 11.3 Å². The molecule has 2 N–H and O–H groups in total. The zero-order chi connectivity index (χ0) is 16.7. The van der Waals surface area contributed by atoms with E-state index < -0.39 is 22.3 Å². The fraction of sp³-hybridized carbons (Fsp3) is 0. The van der Waals surface area contributed by atoms with Crippen molar-refractivity contribution >= 4 is 44.7 Å². The molecule has 0 aliphatic carbocycles. The summed E-state index contributed by atoms with van der Waals surface area (Å²) in [4.78, 5) is 25.6. The van der Waals surface area contributed by atoms with Crippen LogP contribution < -0.4 is 5.73 Å². The molecule has 0 saturated carbocycles. The van der Waals surface area contributed by atoms with Gasteiger partial charge in [0, 0.05) is 11.6 Å². The second-order valence-electron chi connectivity index (χ2n) is 4.60. The summed E-state index contributed by atoms with van der Waals surface area (Å²) in [6.45, 7) is 0. The molecule has 9 heteroatoms. The molecule has 3 aromatic rings. The Morgan fingerprint density at radius 3 is 2.78 bits per heavy atom. The van der Waals surface area contributed by atoms with E-state index in [2.05, 4.69) is 4.98 Å². The Morgan fingerprint density at radius 1 is 1.39 bits per heavy atom. The second kappa shape index (κ2) is 5.56. The molecular formula is C14H7ClFN3O3S. The molecule has 3 rings (SSSR count). The van der Waals surface area contributed by atoms with E-state index in [9.17, 15) is 19.3 Å². The van der Waals surface area contributed by atoms with Crippen LogP contribution in [0.4, 0.5) is 10.1 Å². The van der Waals surface area contributed by atoms with Crippen LogP contribution in [0.2, 0.25) is 5.02 Å². The van der Waals surface area contributed by atoms with E-state index in [-0.39, 0.29) is 21.7 Å². The van der Waals surface area contributed by atoms with E-state index in [0.717, 1.165) is 10.8 Å². The summed E-state index contributed by atoms with van der Waals surface area (Å²) in [5.74, 6) is -2.10. The van der Waals surface area contributed by atoms with Gasteiger partial charge in [0.1, 0.15) is 0 Å². The van der Waals surface area contributed by atoms with Crippen LogP contribution in [0.5, 0.6) is 0 Å². The highest BCUT2D eigenvalue weighted by molar-refractivity contribution is 7.16. The Hall–Kier alpha value is -2.58. The Morgan fingerprint density at radius 2 is 2.13 bits per heavy atom. The molecule has 1 heterocycles. The number of carbonyl (C=O) groups is 1. The van der Waals surface area contributed by atoms with Crippen LogP contribution in [0, 0.1) is 15.9 Å². The lowest BCUT2D eigenvalue weighted by atomic mass is 10.00. The lowest BCUT2D eigenvalue weighted by molar-refractivity contribution is -0.387. The van der Waals surface area contributed by atoms with Gasteiger partial charge in [-0.2, -0.15) is 4.39 Å². The van der Waals surface area contributed by atoms with Gasteiger partial charge in [-0.3, -0.25) is 14.9 Å². The fourth-order valence-corrected chi connectivity index (χ4v) is 3.20. The highest BCUT2D eigenvalue weighted by Gasteiger charge is 2.27. The maximum Gasteiger partial charge on any atom is 0.306 e. The zero-order valence-corrected chi connectivity index (χ0v) is 12.8. The molecule has 0 unspecified atom stereocenters. The largest absolute Gasteiger partial charge is 0.366 e. The molecule has 0 aliphatic rings. The van der Waals surface area contributed by atoms with Crippen molar-refractivity contribution in [1.82, 2.24) is 4.98 Å². The molecule has 0 atom stereocenters. The monoisotopic (exact) mass is 351 g/mol. The number of carbonyl (C=O) groups excluding carboxylic acids is 1. The number of rotatable bonds is 3. The van der Waals surface area contributed by atoms with Crippen LogP contribution in [0.3, 0.4) is 0 Å². The third-order valence-electron chi connectivity index (χ3n) is 3.26. The van der Waals surface area contributed by atoms with Crippen LogP contribution in [0.15, 0.2) is 29.8 Å². The number of fused-ring (bicyclic) bond motifs is 1. The van der Waals surface area contributed by atoms with Crippen molar-refractivity contribution < 1.29 is 14.1 Å². The average Bonchev–Trinajstić information content (AvgIpc) is 2.94. The number of aromatic nitrogens is 1. The number of nitro groups is 1. The SMILES string of the molecule is NC(=O)c1cc([N+](=O)[O-])c(F)c(-c2ccc3scnc3c2)c1Cl. The summed E-state index contributed by atoms with van der Waals surface area (Å²) >= 11 is 7.46. The molecule has 2 aromatic carbocycles. The average molecular weight is 352 g/mol. The number of nitro benzene ring substituents is 1. The van der Waals surface area contributed by atoms with Crippen molar-refractivity contribution in [3.8, 4) is 11.1 Å². The molecular weight excluding hydrogens is 345 g/mol. The van der Waals surface area contributed by atoms with Gasteiger partial charge in [0.2, 0.25) is 11.7 Å². The van der Waals surface area contributed by atoms with Gasteiger partial charge in [-0.1, -0.05) is 17.7 Å². The van der Waals surface area contributed by atoms with Crippen molar-refractivity contribution in [2.45, 2.75) is 0 Å². The number of halogens is 2. The molecule has 1 amide bonds. The minimum absolute atomic E-state index is 0.246. The standard InChI is InChI=1S/C14H7ClFN3O3S/c15-12-7(14(17)20)4-9(19(21)22)13(16)11(12)6-1-2-10-8(3-6)18-5-23-10/h1-5H,(H2,17,20). The molecule has 0 fully saturated rings. The number of benzene rings is 2.